The highest BCUT2D eigenvalue weighted by Gasteiger charge is 2.17. The molecule has 0 unspecified atom stereocenters. The summed E-state index contributed by atoms with van der Waals surface area (Å²) in [6, 6.07) is 8.75. The van der Waals surface area contributed by atoms with Gasteiger partial charge in [0.25, 0.3) is 0 Å². The molecule has 3 aromatic rings. The molecule has 156 valence electrons. The van der Waals surface area contributed by atoms with Crippen LogP contribution in [0.25, 0.3) is 22.3 Å². The van der Waals surface area contributed by atoms with Crippen LogP contribution in [0.2, 0.25) is 0 Å². The van der Waals surface area contributed by atoms with Crippen molar-refractivity contribution in [1.29, 1.82) is 0 Å². The van der Waals surface area contributed by atoms with Gasteiger partial charge in [0.1, 0.15) is 34.0 Å². The molecule has 1 heterocycles. The Bertz CT molecular complexity index is 1180. The fourth-order valence-corrected chi connectivity index (χ4v) is 3.29. The monoisotopic (exact) mass is 406 g/mol. The summed E-state index contributed by atoms with van der Waals surface area (Å²) in [6.45, 7) is 6.15. The highest BCUT2D eigenvalue weighted by atomic mass is 16.3. The Morgan fingerprint density at radius 3 is 2.33 bits per heavy atom. The Kier molecular flexibility index (Phi) is 6.31. The van der Waals surface area contributed by atoms with Crippen LogP contribution >= 0.6 is 0 Å². The van der Waals surface area contributed by atoms with Gasteiger partial charge < -0.3 is 19.7 Å². The normalized spacial score (nSPS) is 11.6. The molecule has 1 aromatic heterocycles. The second kappa shape index (κ2) is 8.91. The maximum atomic E-state index is 12.7. The smallest absolute Gasteiger partial charge is 0.197 e. The number of hydrogen-bond donors (Lipinski definition) is 3. The van der Waals surface area contributed by atoms with Gasteiger partial charge in [-0.25, -0.2) is 0 Å². The minimum Gasteiger partial charge on any atom is -0.508 e. The summed E-state index contributed by atoms with van der Waals surface area (Å²) in [7, 11) is 0. The zero-order valence-corrected chi connectivity index (χ0v) is 17.4. The molecule has 0 atom stereocenters. The van der Waals surface area contributed by atoms with E-state index < -0.39 is 5.43 Å². The first kappa shape index (κ1) is 21.2. The van der Waals surface area contributed by atoms with Crippen molar-refractivity contribution in [2.24, 2.45) is 0 Å². The highest BCUT2D eigenvalue weighted by molar-refractivity contribution is 5.89. The predicted molar refractivity (Wildman–Crippen MR) is 119 cm³/mol. The zero-order valence-electron chi connectivity index (χ0n) is 17.4. The molecule has 3 rings (SSSR count). The topological polar surface area (TPSA) is 90.9 Å². The standard InChI is InChI=1S/C25H26O5/c1-15(2)5-4-6-16(3)7-12-19-20(27)13-21(28)24-22(29)14-23(30-25(19)24)17-8-10-18(26)11-9-17/h5,7-11,13-14,26-28H,4,6,12H2,1-3H3/b16-7+. The van der Waals surface area contributed by atoms with Crippen LogP contribution in [0.15, 0.2) is 68.9 Å². The quantitative estimate of drug-likeness (QED) is 0.449. The van der Waals surface area contributed by atoms with Gasteiger partial charge in [0.15, 0.2) is 5.43 Å². The first-order valence-electron chi connectivity index (χ1n) is 9.86. The van der Waals surface area contributed by atoms with Gasteiger partial charge in [0.2, 0.25) is 0 Å². The number of aromatic hydroxyl groups is 3. The molecule has 5 nitrogen and oxygen atoms in total. The molecule has 30 heavy (non-hydrogen) atoms. The molecule has 0 bridgehead atoms. The number of phenolic OH excluding ortho intramolecular Hbond substituents is 3. The molecule has 0 saturated heterocycles. The summed E-state index contributed by atoms with van der Waals surface area (Å²) in [4.78, 5) is 12.7. The number of allylic oxidation sites excluding steroid dienone is 4. The summed E-state index contributed by atoms with van der Waals surface area (Å²) in [5.41, 5.74) is 3.24. The van der Waals surface area contributed by atoms with Gasteiger partial charge in [-0.1, -0.05) is 23.3 Å². The summed E-state index contributed by atoms with van der Waals surface area (Å²) >= 11 is 0. The van der Waals surface area contributed by atoms with Crippen molar-refractivity contribution in [2.75, 3.05) is 0 Å². The number of benzene rings is 2. The Balaban J connectivity index is 2.06. The SMILES string of the molecule is CC(C)=CCC/C(C)=C/Cc1c(O)cc(O)c2c(=O)cc(-c3ccc(O)cc3)oc12. The average molecular weight is 406 g/mol. The third kappa shape index (κ3) is 4.74. The summed E-state index contributed by atoms with van der Waals surface area (Å²) in [6.07, 6.45) is 6.37. The van der Waals surface area contributed by atoms with Crippen molar-refractivity contribution in [3.05, 3.63) is 75.5 Å². The third-order valence-corrected chi connectivity index (χ3v) is 4.96. The van der Waals surface area contributed by atoms with Crippen LogP contribution in [-0.2, 0) is 6.42 Å². The predicted octanol–water partition coefficient (Wildman–Crippen LogP) is 5.81. The Morgan fingerprint density at radius 1 is 0.967 bits per heavy atom. The van der Waals surface area contributed by atoms with Crippen LogP contribution in [0.4, 0.5) is 0 Å². The molecule has 0 saturated carbocycles. The molecule has 0 amide bonds. The van der Waals surface area contributed by atoms with E-state index in [1.807, 2.05) is 13.0 Å². The van der Waals surface area contributed by atoms with E-state index in [0.717, 1.165) is 18.4 Å². The Morgan fingerprint density at radius 2 is 1.67 bits per heavy atom. The van der Waals surface area contributed by atoms with Gasteiger partial charge >= 0.3 is 0 Å². The largest absolute Gasteiger partial charge is 0.508 e. The van der Waals surface area contributed by atoms with Crippen molar-refractivity contribution >= 4 is 11.0 Å². The van der Waals surface area contributed by atoms with Crippen LogP contribution in [0, 0.1) is 0 Å². The van der Waals surface area contributed by atoms with Crippen LogP contribution < -0.4 is 5.43 Å². The lowest BCUT2D eigenvalue weighted by Gasteiger charge is -2.11. The average Bonchev–Trinajstić information content (AvgIpc) is 2.67. The number of rotatable bonds is 6. The van der Waals surface area contributed by atoms with Crippen LogP contribution in [0.1, 0.15) is 39.2 Å². The van der Waals surface area contributed by atoms with Crippen molar-refractivity contribution in [3.8, 4) is 28.6 Å². The fraction of sp³-hybridized carbons (Fsp3) is 0.240. The maximum Gasteiger partial charge on any atom is 0.197 e. The van der Waals surface area contributed by atoms with E-state index in [9.17, 15) is 20.1 Å². The van der Waals surface area contributed by atoms with E-state index in [1.54, 1.807) is 12.1 Å². The summed E-state index contributed by atoms with van der Waals surface area (Å²) in [5.74, 6) is -0.0459. The lowest BCUT2D eigenvalue weighted by atomic mass is 10.0. The first-order valence-corrected chi connectivity index (χ1v) is 9.86. The van der Waals surface area contributed by atoms with Crippen LogP contribution in [0.3, 0.4) is 0 Å². The van der Waals surface area contributed by atoms with Gasteiger partial charge in [0.05, 0.1) is 0 Å². The zero-order chi connectivity index (χ0) is 21.8. The number of phenols is 3. The summed E-state index contributed by atoms with van der Waals surface area (Å²) in [5, 5.41) is 30.2. The molecule has 3 N–H and O–H groups in total. The van der Waals surface area contributed by atoms with E-state index in [4.69, 9.17) is 4.42 Å². The molecule has 0 spiro atoms. The van der Waals surface area contributed by atoms with Gasteiger partial charge in [-0.15, -0.1) is 0 Å². The van der Waals surface area contributed by atoms with Gasteiger partial charge in [-0.3, -0.25) is 4.79 Å². The minimum absolute atomic E-state index is 0.0425. The molecule has 0 fully saturated rings. The van der Waals surface area contributed by atoms with Gasteiger partial charge in [0, 0.05) is 23.3 Å². The molecule has 0 radical (unpaired) electrons. The molecule has 5 heteroatoms. The van der Waals surface area contributed by atoms with E-state index >= 15 is 0 Å². The maximum absolute atomic E-state index is 12.7. The fourth-order valence-electron chi connectivity index (χ4n) is 3.29. The molecular weight excluding hydrogens is 380 g/mol. The first-order chi connectivity index (χ1) is 14.3. The molecule has 0 aliphatic rings. The Hall–Kier alpha value is -3.47. The lowest BCUT2D eigenvalue weighted by Crippen LogP contribution is -2.03. The van der Waals surface area contributed by atoms with Gasteiger partial charge in [-0.05, 0) is 64.3 Å². The third-order valence-electron chi connectivity index (χ3n) is 4.96. The van der Waals surface area contributed by atoms with Gasteiger partial charge in [-0.2, -0.15) is 0 Å². The van der Waals surface area contributed by atoms with Crippen LogP contribution in [0.5, 0.6) is 17.2 Å². The highest BCUT2D eigenvalue weighted by Crippen LogP contribution is 2.35. The van der Waals surface area contributed by atoms with Crippen molar-refractivity contribution in [3.63, 3.8) is 0 Å². The molecule has 0 aliphatic heterocycles. The van der Waals surface area contributed by atoms with E-state index in [2.05, 4.69) is 19.9 Å². The second-order valence-corrected chi connectivity index (χ2v) is 7.69. The molecule has 0 aliphatic carbocycles. The van der Waals surface area contributed by atoms with E-state index in [1.165, 1.54) is 29.8 Å². The second-order valence-electron chi connectivity index (χ2n) is 7.69. The van der Waals surface area contributed by atoms with Crippen molar-refractivity contribution in [2.45, 2.75) is 40.0 Å². The van der Waals surface area contributed by atoms with E-state index in [-0.39, 0.29) is 28.2 Å². The Labute approximate surface area is 175 Å². The van der Waals surface area contributed by atoms with Crippen molar-refractivity contribution < 1.29 is 19.7 Å². The minimum atomic E-state index is -0.401. The van der Waals surface area contributed by atoms with E-state index in [0.29, 0.717) is 23.3 Å². The molecular formula is C25H26O5. The molecule has 2 aromatic carbocycles. The van der Waals surface area contributed by atoms with Crippen LogP contribution in [-0.4, -0.2) is 15.3 Å². The lowest BCUT2D eigenvalue weighted by molar-refractivity contribution is 0.448. The summed E-state index contributed by atoms with van der Waals surface area (Å²) < 4.78 is 5.97. The van der Waals surface area contributed by atoms with Crippen molar-refractivity contribution in [1.82, 2.24) is 0 Å². The number of fused-ring (bicyclic) bond motifs is 1. The number of hydrogen-bond acceptors (Lipinski definition) is 5.